The van der Waals surface area contributed by atoms with Crippen molar-refractivity contribution in [3.05, 3.63) is 95.6 Å². The van der Waals surface area contributed by atoms with E-state index in [1.165, 1.54) is 11.1 Å². The van der Waals surface area contributed by atoms with Crippen LogP contribution in [0.15, 0.2) is 78.9 Å². The molecule has 0 bridgehead atoms. The Morgan fingerprint density at radius 2 is 1.56 bits per heavy atom. The van der Waals surface area contributed by atoms with Crippen LogP contribution in [0.25, 0.3) is 0 Å². The SMILES string of the molecule is CCCc1ccc(NC(=O)c2ccccc2NSCc2ccccc2)cc1. The quantitative estimate of drug-likeness (QED) is 0.463. The van der Waals surface area contributed by atoms with Gasteiger partial charge in [-0.2, -0.15) is 0 Å². The minimum atomic E-state index is -0.110. The standard InChI is InChI=1S/C23H24N2OS/c1-2-8-18-13-15-20(16-14-18)24-23(26)21-11-6-7-12-22(21)25-27-17-19-9-4-3-5-10-19/h3-7,9-16,25H,2,8,17H2,1H3,(H,24,26). The zero-order chi connectivity index (χ0) is 18.9. The molecule has 0 saturated carbocycles. The van der Waals surface area contributed by atoms with E-state index in [1.54, 1.807) is 11.9 Å². The molecule has 3 rings (SSSR count). The van der Waals surface area contributed by atoms with Crippen LogP contribution in [0.4, 0.5) is 11.4 Å². The predicted molar refractivity (Wildman–Crippen MR) is 116 cm³/mol. The molecule has 4 heteroatoms. The van der Waals surface area contributed by atoms with E-state index in [-0.39, 0.29) is 5.91 Å². The van der Waals surface area contributed by atoms with Crippen LogP contribution in [-0.2, 0) is 12.2 Å². The van der Waals surface area contributed by atoms with Crippen LogP contribution < -0.4 is 10.0 Å². The van der Waals surface area contributed by atoms with E-state index < -0.39 is 0 Å². The van der Waals surface area contributed by atoms with Gasteiger partial charge in [0.05, 0.1) is 11.3 Å². The molecular weight excluding hydrogens is 352 g/mol. The number of anilines is 2. The minimum Gasteiger partial charge on any atom is -0.329 e. The highest BCUT2D eigenvalue weighted by molar-refractivity contribution is 7.99. The van der Waals surface area contributed by atoms with Crippen molar-refractivity contribution in [3.8, 4) is 0 Å². The summed E-state index contributed by atoms with van der Waals surface area (Å²) in [6, 6.07) is 25.9. The Bertz CT molecular complexity index is 863. The Morgan fingerprint density at radius 1 is 0.852 bits per heavy atom. The summed E-state index contributed by atoms with van der Waals surface area (Å²) in [6.45, 7) is 2.16. The number of amides is 1. The fourth-order valence-electron chi connectivity index (χ4n) is 2.78. The van der Waals surface area contributed by atoms with Crippen molar-refractivity contribution in [2.75, 3.05) is 10.0 Å². The lowest BCUT2D eigenvalue weighted by Gasteiger charge is -2.12. The van der Waals surface area contributed by atoms with Crippen molar-refractivity contribution < 1.29 is 4.79 Å². The fraction of sp³-hybridized carbons (Fsp3) is 0.174. The van der Waals surface area contributed by atoms with Crippen LogP contribution in [0.2, 0.25) is 0 Å². The van der Waals surface area contributed by atoms with E-state index in [0.29, 0.717) is 5.56 Å². The average Bonchev–Trinajstić information content (AvgIpc) is 2.71. The first-order valence-corrected chi connectivity index (χ1v) is 10.2. The smallest absolute Gasteiger partial charge is 0.257 e. The summed E-state index contributed by atoms with van der Waals surface area (Å²) in [5.41, 5.74) is 4.79. The molecule has 0 heterocycles. The van der Waals surface area contributed by atoms with Crippen LogP contribution in [0.3, 0.4) is 0 Å². The molecule has 0 aliphatic rings. The summed E-state index contributed by atoms with van der Waals surface area (Å²) < 4.78 is 3.31. The second kappa shape index (κ2) is 9.83. The number of hydrogen-bond donors (Lipinski definition) is 2. The molecule has 0 aliphatic heterocycles. The summed E-state index contributed by atoms with van der Waals surface area (Å²) in [7, 11) is 0. The molecule has 0 radical (unpaired) electrons. The highest BCUT2D eigenvalue weighted by atomic mass is 32.2. The van der Waals surface area contributed by atoms with Crippen molar-refractivity contribution in [3.63, 3.8) is 0 Å². The Kier molecular flexibility index (Phi) is 6.94. The Labute approximate surface area is 165 Å². The maximum absolute atomic E-state index is 12.7. The van der Waals surface area contributed by atoms with Gasteiger partial charge in [-0.15, -0.1) is 0 Å². The Morgan fingerprint density at radius 3 is 2.30 bits per heavy atom. The average molecular weight is 377 g/mol. The molecule has 0 atom stereocenters. The van der Waals surface area contributed by atoms with Crippen molar-refractivity contribution in [1.29, 1.82) is 0 Å². The second-order valence-electron chi connectivity index (χ2n) is 6.32. The third-order valence-electron chi connectivity index (χ3n) is 4.19. The first-order chi connectivity index (χ1) is 13.3. The van der Waals surface area contributed by atoms with Gasteiger partial charge in [0.2, 0.25) is 0 Å². The number of carbonyl (C=O) groups is 1. The third-order valence-corrected chi connectivity index (χ3v) is 5.03. The number of carbonyl (C=O) groups excluding carboxylic acids is 1. The van der Waals surface area contributed by atoms with E-state index in [4.69, 9.17) is 0 Å². The third kappa shape index (κ3) is 5.63. The number of benzene rings is 3. The molecular formula is C23H24N2OS. The summed E-state index contributed by atoms with van der Waals surface area (Å²) in [6.07, 6.45) is 2.17. The van der Waals surface area contributed by atoms with Crippen molar-refractivity contribution in [2.24, 2.45) is 0 Å². The lowest BCUT2D eigenvalue weighted by atomic mass is 10.1. The van der Waals surface area contributed by atoms with Crippen LogP contribution >= 0.6 is 11.9 Å². The number of hydrogen-bond acceptors (Lipinski definition) is 3. The van der Waals surface area contributed by atoms with E-state index in [2.05, 4.69) is 41.2 Å². The number of rotatable bonds is 8. The molecule has 3 aromatic rings. The molecule has 1 amide bonds. The van der Waals surface area contributed by atoms with E-state index in [9.17, 15) is 4.79 Å². The molecule has 0 unspecified atom stereocenters. The summed E-state index contributed by atoms with van der Waals surface area (Å²) in [5.74, 6) is 0.719. The van der Waals surface area contributed by atoms with E-state index >= 15 is 0 Å². The topological polar surface area (TPSA) is 41.1 Å². The van der Waals surface area contributed by atoms with E-state index in [1.807, 2.05) is 54.6 Å². The highest BCUT2D eigenvalue weighted by Crippen LogP contribution is 2.22. The first-order valence-electron chi connectivity index (χ1n) is 9.17. The Balaban J connectivity index is 1.62. The van der Waals surface area contributed by atoms with Crippen LogP contribution in [-0.4, -0.2) is 5.91 Å². The summed E-state index contributed by atoms with van der Waals surface area (Å²) in [5, 5.41) is 2.99. The fourth-order valence-corrected chi connectivity index (χ4v) is 3.55. The maximum Gasteiger partial charge on any atom is 0.257 e. The van der Waals surface area contributed by atoms with Gasteiger partial charge in [-0.1, -0.05) is 67.9 Å². The van der Waals surface area contributed by atoms with Gasteiger partial charge in [0.15, 0.2) is 0 Å². The molecule has 27 heavy (non-hydrogen) atoms. The van der Waals surface area contributed by atoms with Gasteiger partial charge in [-0.05, 0) is 53.8 Å². The van der Waals surface area contributed by atoms with Crippen LogP contribution in [0, 0.1) is 0 Å². The second-order valence-corrected chi connectivity index (χ2v) is 7.10. The zero-order valence-electron chi connectivity index (χ0n) is 15.4. The van der Waals surface area contributed by atoms with Gasteiger partial charge in [0.25, 0.3) is 5.91 Å². The zero-order valence-corrected chi connectivity index (χ0v) is 16.3. The predicted octanol–water partition coefficient (Wildman–Crippen LogP) is 6.15. The first kappa shape index (κ1) is 19.1. The number of para-hydroxylation sites is 1. The van der Waals surface area contributed by atoms with Gasteiger partial charge in [0, 0.05) is 11.4 Å². The molecule has 0 fully saturated rings. The van der Waals surface area contributed by atoms with Gasteiger partial charge < -0.3 is 10.0 Å². The molecule has 138 valence electrons. The van der Waals surface area contributed by atoms with Crippen molar-refractivity contribution in [1.82, 2.24) is 0 Å². The van der Waals surface area contributed by atoms with Gasteiger partial charge in [-0.25, -0.2) is 0 Å². The number of aryl methyl sites for hydroxylation is 1. The van der Waals surface area contributed by atoms with Gasteiger partial charge in [0.1, 0.15) is 0 Å². The lowest BCUT2D eigenvalue weighted by molar-refractivity contribution is 0.102. The summed E-state index contributed by atoms with van der Waals surface area (Å²) >= 11 is 1.57. The molecule has 2 N–H and O–H groups in total. The van der Waals surface area contributed by atoms with E-state index in [0.717, 1.165) is 30.0 Å². The molecule has 0 aliphatic carbocycles. The monoisotopic (exact) mass is 376 g/mol. The Hall–Kier alpha value is -2.72. The largest absolute Gasteiger partial charge is 0.329 e. The minimum absolute atomic E-state index is 0.110. The molecule has 0 aromatic heterocycles. The molecule has 0 saturated heterocycles. The number of nitrogens with one attached hydrogen (secondary N) is 2. The molecule has 3 nitrogen and oxygen atoms in total. The van der Waals surface area contributed by atoms with Crippen molar-refractivity contribution in [2.45, 2.75) is 25.5 Å². The van der Waals surface area contributed by atoms with Crippen LogP contribution in [0.1, 0.15) is 34.8 Å². The van der Waals surface area contributed by atoms with Crippen molar-refractivity contribution >= 4 is 29.2 Å². The lowest BCUT2D eigenvalue weighted by Crippen LogP contribution is -2.13. The molecule has 0 spiro atoms. The van der Waals surface area contributed by atoms with Gasteiger partial charge in [-0.3, -0.25) is 4.79 Å². The maximum atomic E-state index is 12.7. The summed E-state index contributed by atoms with van der Waals surface area (Å²) in [4.78, 5) is 12.7. The van der Waals surface area contributed by atoms with Gasteiger partial charge >= 0.3 is 0 Å². The normalized spacial score (nSPS) is 10.4. The van der Waals surface area contributed by atoms with Crippen LogP contribution in [0.5, 0.6) is 0 Å². The highest BCUT2D eigenvalue weighted by Gasteiger charge is 2.11. The molecule has 3 aromatic carbocycles.